The number of nitrogens with one attached hydrogen (secondary N) is 1. The maximum Gasteiger partial charge on any atom is 0.162 e. The molecule has 0 aliphatic carbocycles. The number of ether oxygens (including phenoxy) is 1. The van der Waals surface area contributed by atoms with Gasteiger partial charge in [0, 0.05) is 13.7 Å². The molecule has 0 aromatic carbocycles. The van der Waals surface area contributed by atoms with Crippen molar-refractivity contribution in [3.63, 3.8) is 0 Å². The molecule has 1 rings (SSSR count). The number of halogens is 1. The lowest BCUT2D eigenvalue weighted by Crippen LogP contribution is -2.27. The van der Waals surface area contributed by atoms with Gasteiger partial charge < -0.3 is 10.1 Å². The second kappa shape index (κ2) is 6.65. The van der Waals surface area contributed by atoms with Crippen LogP contribution in [0, 0.1) is 10.5 Å². The first-order valence-electron chi connectivity index (χ1n) is 6.32. The van der Waals surface area contributed by atoms with Gasteiger partial charge >= 0.3 is 0 Å². The maximum atomic E-state index is 5.57. The molecular formula is C13H22IN3O. The van der Waals surface area contributed by atoms with Gasteiger partial charge in [0.1, 0.15) is 11.4 Å². The molecule has 18 heavy (non-hydrogen) atoms. The van der Waals surface area contributed by atoms with Crippen LogP contribution in [0.2, 0.25) is 0 Å². The highest BCUT2D eigenvalue weighted by Crippen LogP contribution is 2.28. The summed E-state index contributed by atoms with van der Waals surface area (Å²) in [6.07, 6.45) is 1.92. The number of aromatic nitrogens is 2. The molecule has 0 amide bonds. The monoisotopic (exact) mass is 363 g/mol. The smallest absolute Gasteiger partial charge is 0.162 e. The van der Waals surface area contributed by atoms with Gasteiger partial charge in [0.05, 0.1) is 9.26 Å². The zero-order valence-corrected chi connectivity index (χ0v) is 14.0. The summed E-state index contributed by atoms with van der Waals surface area (Å²) in [6, 6.07) is 0. The van der Waals surface area contributed by atoms with Gasteiger partial charge in [-0.15, -0.1) is 0 Å². The predicted octanol–water partition coefficient (Wildman–Crippen LogP) is 3.48. The molecule has 4 nitrogen and oxygen atoms in total. The summed E-state index contributed by atoms with van der Waals surface area (Å²) in [5, 5.41) is 3.35. The van der Waals surface area contributed by atoms with Crippen LogP contribution in [0.1, 0.15) is 45.1 Å². The molecule has 0 radical (unpaired) electrons. The van der Waals surface area contributed by atoms with E-state index in [-0.39, 0.29) is 0 Å². The third-order valence-corrected chi connectivity index (χ3v) is 4.45. The van der Waals surface area contributed by atoms with E-state index in [0.29, 0.717) is 0 Å². The van der Waals surface area contributed by atoms with E-state index < -0.39 is 5.60 Å². The van der Waals surface area contributed by atoms with Gasteiger partial charge in [0.2, 0.25) is 0 Å². The van der Waals surface area contributed by atoms with Gasteiger partial charge in [-0.3, -0.25) is 0 Å². The molecular weight excluding hydrogens is 341 g/mol. The third-order valence-electron chi connectivity index (χ3n) is 3.16. The Bertz CT molecular complexity index is 405. The number of hydrogen-bond donors (Lipinski definition) is 1. The minimum absolute atomic E-state index is 0.419. The van der Waals surface area contributed by atoms with E-state index in [4.69, 9.17) is 4.74 Å². The molecule has 1 heterocycles. The van der Waals surface area contributed by atoms with Crippen LogP contribution >= 0.6 is 22.6 Å². The Morgan fingerprint density at radius 1 is 1.33 bits per heavy atom. The van der Waals surface area contributed by atoms with Crippen molar-refractivity contribution in [1.29, 1.82) is 0 Å². The fourth-order valence-corrected chi connectivity index (χ4v) is 1.98. The molecule has 1 aromatic heterocycles. The number of aryl methyl sites for hydroxylation is 1. The highest BCUT2D eigenvalue weighted by atomic mass is 127. The van der Waals surface area contributed by atoms with E-state index in [1.54, 1.807) is 7.11 Å². The summed E-state index contributed by atoms with van der Waals surface area (Å²) >= 11 is 2.29. The molecule has 0 saturated heterocycles. The minimum atomic E-state index is -0.419. The van der Waals surface area contributed by atoms with E-state index in [1.165, 1.54) is 0 Å². The molecule has 1 aromatic rings. The first-order chi connectivity index (χ1) is 8.48. The average molecular weight is 363 g/mol. The molecule has 1 N–H and O–H groups in total. The van der Waals surface area contributed by atoms with Crippen molar-refractivity contribution >= 4 is 28.4 Å². The molecule has 1 unspecified atom stereocenters. The summed E-state index contributed by atoms with van der Waals surface area (Å²) in [4.78, 5) is 9.20. The van der Waals surface area contributed by atoms with Gasteiger partial charge in [-0.1, -0.05) is 13.8 Å². The van der Waals surface area contributed by atoms with Gasteiger partial charge in [0.15, 0.2) is 5.82 Å². The summed E-state index contributed by atoms with van der Waals surface area (Å²) in [7, 11) is 1.71. The van der Waals surface area contributed by atoms with Gasteiger partial charge in [-0.05, 0) is 49.3 Å². The largest absolute Gasteiger partial charge is 0.371 e. The lowest BCUT2D eigenvalue weighted by atomic mass is 10.0. The Hall–Kier alpha value is -0.430. The molecule has 5 heteroatoms. The molecule has 0 aliphatic heterocycles. The zero-order chi connectivity index (χ0) is 13.8. The summed E-state index contributed by atoms with van der Waals surface area (Å²) in [6.45, 7) is 9.18. The van der Waals surface area contributed by atoms with Crippen molar-refractivity contribution in [3.05, 3.63) is 15.1 Å². The van der Waals surface area contributed by atoms with Crippen molar-refractivity contribution in [3.8, 4) is 0 Å². The Balaban J connectivity index is 3.18. The van der Waals surface area contributed by atoms with E-state index in [9.17, 15) is 0 Å². The van der Waals surface area contributed by atoms with Crippen molar-refractivity contribution in [2.75, 3.05) is 19.0 Å². The standard InChI is InChI=1S/C13H22IN3O/c1-6-8-15-11-10(14)9(3)16-12(17-11)13(4,7-2)18-5/h6-8H2,1-5H3,(H,15,16,17). The fourth-order valence-electron chi connectivity index (χ4n) is 1.55. The average Bonchev–Trinajstić information content (AvgIpc) is 2.39. The van der Waals surface area contributed by atoms with E-state index in [0.717, 1.165) is 40.3 Å². The SMILES string of the molecule is CCCNc1nc(C(C)(CC)OC)nc(C)c1I. The lowest BCUT2D eigenvalue weighted by molar-refractivity contribution is -0.00902. The Kier molecular flexibility index (Phi) is 5.78. The van der Waals surface area contributed by atoms with E-state index in [1.807, 2.05) is 13.8 Å². The molecule has 0 saturated carbocycles. The zero-order valence-electron chi connectivity index (χ0n) is 11.8. The van der Waals surface area contributed by atoms with Crippen LogP contribution in [0.5, 0.6) is 0 Å². The van der Waals surface area contributed by atoms with Gasteiger partial charge in [-0.2, -0.15) is 0 Å². The van der Waals surface area contributed by atoms with E-state index in [2.05, 4.69) is 51.7 Å². The van der Waals surface area contributed by atoms with Crippen LogP contribution in [-0.4, -0.2) is 23.6 Å². The van der Waals surface area contributed by atoms with Crippen molar-refractivity contribution in [1.82, 2.24) is 9.97 Å². The highest BCUT2D eigenvalue weighted by molar-refractivity contribution is 14.1. The lowest BCUT2D eigenvalue weighted by Gasteiger charge is -2.26. The van der Waals surface area contributed by atoms with Crippen LogP contribution in [-0.2, 0) is 10.3 Å². The summed E-state index contributed by atoms with van der Waals surface area (Å²) < 4.78 is 6.65. The van der Waals surface area contributed by atoms with Gasteiger partial charge in [-0.25, -0.2) is 9.97 Å². The van der Waals surface area contributed by atoms with Crippen molar-refractivity contribution in [2.24, 2.45) is 0 Å². The second-order valence-electron chi connectivity index (χ2n) is 4.51. The molecule has 1 atom stereocenters. The number of hydrogen-bond acceptors (Lipinski definition) is 4. The molecule has 0 spiro atoms. The fraction of sp³-hybridized carbons (Fsp3) is 0.692. The molecule has 0 fully saturated rings. The van der Waals surface area contributed by atoms with Crippen LogP contribution in [0.25, 0.3) is 0 Å². The van der Waals surface area contributed by atoms with Crippen LogP contribution in [0.4, 0.5) is 5.82 Å². The summed E-state index contributed by atoms with van der Waals surface area (Å²) in [5.74, 6) is 1.67. The predicted molar refractivity (Wildman–Crippen MR) is 82.9 cm³/mol. The molecule has 0 aliphatic rings. The van der Waals surface area contributed by atoms with Crippen LogP contribution in [0.15, 0.2) is 0 Å². The maximum absolute atomic E-state index is 5.57. The van der Waals surface area contributed by atoms with Crippen LogP contribution < -0.4 is 5.32 Å². The number of nitrogens with zero attached hydrogens (tertiary/aromatic N) is 2. The number of anilines is 1. The second-order valence-corrected chi connectivity index (χ2v) is 5.59. The highest BCUT2D eigenvalue weighted by Gasteiger charge is 2.28. The molecule has 0 bridgehead atoms. The summed E-state index contributed by atoms with van der Waals surface area (Å²) in [5.41, 5.74) is 0.577. The quantitative estimate of drug-likeness (QED) is 0.787. The Morgan fingerprint density at radius 3 is 2.50 bits per heavy atom. The van der Waals surface area contributed by atoms with Gasteiger partial charge in [0.25, 0.3) is 0 Å². The number of methoxy groups -OCH3 is 1. The normalized spacial score (nSPS) is 14.3. The third kappa shape index (κ3) is 3.32. The topological polar surface area (TPSA) is 47.0 Å². The Labute approximate surface area is 123 Å². The van der Waals surface area contributed by atoms with Crippen molar-refractivity contribution in [2.45, 2.75) is 46.1 Å². The first kappa shape index (κ1) is 15.6. The first-order valence-corrected chi connectivity index (χ1v) is 7.40. The molecule has 102 valence electrons. The van der Waals surface area contributed by atoms with E-state index >= 15 is 0 Å². The number of rotatable bonds is 6. The Morgan fingerprint density at radius 2 is 2.00 bits per heavy atom. The van der Waals surface area contributed by atoms with Crippen molar-refractivity contribution < 1.29 is 4.74 Å². The minimum Gasteiger partial charge on any atom is -0.371 e. The van der Waals surface area contributed by atoms with Crippen LogP contribution in [0.3, 0.4) is 0 Å².